The summed E-state index contributed by atoms with van der Waals surface area (Å²) in [7, 11) is 0. The summed E-state index contributed by atoms with van der Waals surface area (Å²) in [5.74, 6) is -1.44. The van der Waals surface area contributed by atoms with E-state index in [2.05, 4.69) is 5.32 Å². The molecule has 1 saturated carbocycles. The summed E-state index contributed by atoms with van der Waals surface area (Å²) in [6, 6.07) is 2.90. The molecule has 2 N–H and O–H groups in total. The van der Waals surface area contributed by atoms with Gasteiger partial charge in [-0.15, -0.1) is 0 Å². The molecule has 1 heterocycles. The second-order valence-electron chi connectivity index (χ2n) is 4.29. The fourth-order valence-corrected chi connectivity index (χ4v) is 2.25. The quantitative estimate of drug-likeness (QED) is 0.837. The molecule has 2 atom stereocenters. The molecule has 0 saturated heterocycles. The van der Waals surface area contributed by atoms with E-state index in [1.54, 1.807) is 12.1 Å². The average Bonchev–Trinajstić information content (AvgIpc) is 2.83. The van der Waals surface area contributed by atoms with Crippen LogP contribution in [-0.2, 0) is 4.79 Å². The van der Waals surface area contributed by atoms with Crippen LogP contribution in [0.3, 0.4) is 0 Å². The van der Waals surface area contributed by atoms with Gasteiger partial charge in [0.1, 0.15) is 0 Å². The fourth-order valence-electron chi connectivity index (χ4n) is 2.25. The molecule has 1 aliphatic rings. The van der Waals surface area contributed by atoms with Crippen LogP contribution in [0, 0.1) is 5.92 Å². The molecular weight excluding hydrogens is 222 g/mol. The predicted molar refractivity (Wildman–Crippen MR) is 59.6 cm³/mol. The number of carboxylic acid groups (broad SMARTS) is 1. The first-order valence-corrected chi connectivity index (χ1v) is 5.75. The van der Waals surface area contributed by atoms with Crippen LogP contribution in [0.5, 0.6) is 0 Å². The maximum Gasteiger partial charge on any atom is 0.308 e. The molecule has 0 radical (unpaired) electrons. The molecule has 0 aliphatic heterocycles. The Morgan fingerprint density at radius 2 is 2.12 bits per heavy atom. The van der Waals surface area contributed by atoms with Gasteiger partial charge in [0.25, 0.3) is 5.91 Å². The van der Waals surface area contributed by atoms with Crippen molar-refractivity contribution in [2.45, 2.75) is 31.7 Å². The zero-order valence-corrected chi connectivity index (χ0v) is 9.39. The van der Waals surface area contributed by atoms with Crippen molar-refractivity contribution in [1.29, 1.82) is 0 Å². The van der Waals surface area contributed by atoms with Crippen LogP contribution in [-0.4, -0.2) is 23.0 Å². The highest BCUT2D eigenvalue weighted by atomic mass is 16.4. The van der Waals surface area contributed by atoms with Gasteiger partial charge in [-0.1, -0.05) is 12.8 Å². The molecule has 0 spiro atoms. The van der Waals surface area contributed by atoms with Crippen LogP contribution in [0.25, 0.3) is 0 Å². The number of carboxylic acids is 1. The zero-order valence-electron chi connectivity index (χ0n) is 9.39. The van der Waals surface area contributed by atoms with Gasteiger partial charge < -0.3 is 14.8 Å². The third-order valence-electron chi connectivity index (χ3n) is 3.14. The van der Waals surface area contributed by atoms with Gasteiger partial charge in [-0.05, 0) is 25.0 Å². The minimum absolute atomic E-state index is 0.222. The summed E-state index contributed by atoms with van der Waals surface area (Å²) in [5, 5.41) is 11.8. The van der Waals surface area contributed by atoms with E-state index in [0.717, 1.165) is 12.8 Å². The van der Waals surface area contributed by atoms with Crippen molar-refractivity contribution in [2.24, 2.45) is 5.92 Å². The van der Waals surface area contributed by atoms with Crippen LogP contribution >= 0.6 is 0 Å². The highest BCUT2D eigenvalue weighted by Gasteiger charge is 2.32. The first-order valence-electron chi connectivity index (χ1n) is 5.75. The van der Waals surface area contributed by atoms with Crippen LogP contribution in [0.15, 0.2) is 22.8 Å². The van der Waals surface area contributed by atoms with Crippen molar-refractivity contribution in [3.05, 3.63) is 24.2 Å². The summed E-state index contributed by atoms with van der Waals surface area (Å²) in [6.45, 7) is 0. The van der Waals surface area contributed by atoms with E-state index in [4.69, 9.17) is 9.52 Å². The third kappa shape index (κ3) is 2.67. The van der Waals surface area contributed by atoms with E-state index >= 15 is 0 Å². The summed E-state index contributed by atoms with van der Waals surface area (Å²) in [4.78, 5) is 22.8. The number of carbonyl (C=O) groups is 2. The molecule has 1 fully saturated rings. The molecule has 1 aromatic heterocycles. The molecule has 1 aromatic rings. The molecule has 5 nitrogen and oxygen atoms in total. The summed E-state index contributed by atoms with van der Waals surface area (Å²) in [6.07, 6.45) is 4.61. The Kier molecular flexibility index (Phi) is 3.46. The number of furan rings is 1. The standard InChI is InChI=1S/C12H15NO4/c14-11(10-6-3-7-17-10)13-9-5-2-1-4-8(9)12(15)16/h3,6-9H,1-2,4-5H2,(H,13,14)(H,15,16). The number of hydrogen-bond acceptors (Lipinski definition) is 3. The highest BCUT2D eigenvalue weighted by Crippen LogP contribution is 2.24. The monoisotopic (exact) mass is 237 g/mol. The Balaban J connectivity index is 2.01. The van der Waals surface area contributed by atoms with Crippen molar-refractivity contribution in [3.63, 3.8) is 0 Å². The number of nitrogens with one attached hydrogen (secondary N) is 1. The molecule has 92 valence electrons. The van der Waals surface area contributed by atoms with Gasteiger partial charge in [0.05, 0.1) is 12.2 Å². The molecule has 5 heteroatoms. The van der Waals surface area contributed by atoms with Crippen LogP contribution in [0.1, 0.15) is 36.2 Å². The van der Waals surface area contributed by atoms with Crippen molar-refractivity contribution in [1.82, 2.24) is 5.32 Å². The normalized spacial score (nSPS) is 24.2. The predicted octanol–water partition coefficient (Wildman–Crippen LogP) is 1.65. The van der Waals surface area contributed by atoms with E-state index in [1.807, 2.05) is 0 Å². The number of rotatable bonds is 3. The SMILES string of the molecule is O=C(NC1CCCCC1C(=O)O)c1ccco1. The Morgan fingerprint density at radius 1 is 1.35 bits per heavy atom. The number of hydrogen-bond donors (Lipinski definition) is 2. The van der Waals surface area contributed by atoms with Gasteiger partial charge in [0.2, 0.25) is 0 Å². The lowest BCUT2D eigenvalue weighted by Crippen LogP contribution is -2.45. The summed E-state index contributed by atoms with van der Waals surface area (Å²) >= 11 is 0. The fraction of sp³-hybridized carbons (Fsp3) is 0.500. The Labute approximate surface area is 98.8 Å². The lowest BCUT2D eigenvalue weighted by atomic mass is 9.84. The number of carbonyl (C=O) groups excluding carboxylic acids is 1. The van der Waals surface area contributed by atoms with Gasteiger partial charge in [-0.25, -0.2) is 0 Å². The zero-order chi connectivity index (χ0) is 12.3. The number of amides is 1. The molecular formula is C12H15NO4. The van der Waals surface area contributed by atoms with Gasteiger partial charge in [-0.3, -0.25) is 9.59 Å². The lowest BCUT2D eigenvalue weighted by molar-refractivity contribution is -0.143. The van der Waals surface area contributed by atoms with Gasteiger partial charge in [0, 0.05) is 6.04 Å². The van der Waals surface area contributed by atoms with Crippen molar-refractivity contribution in [2.75, 3.05) is 0 Å². The van der Waals surface area contributed by atoms with Crippen molar-refractivity contribution >= 4 is 11.9 Å². The van der Waals surface area contributed by atoms with Gasteiger partial charge in [0.15, 0.2) is 5.76 Å². The molecule has 17 heavy (non-hydrogen) atoms. The second-order valence-corrected chi connectivity index (χ2v) is 4.29. The van der Waals surface area contributed by atoms with Gasteiger partial charge in [-0.2, -0.15) is 0 Å². The average molecular weight is 237 g/mol. The number of aliphatic carboxylic acids is 1. The van der Waals surface area contributed by atoms with E-state index < -0.39 is 11.9 Å². The van der Waals surface area contributed by atoms with Crippen molar-refractivity contribution in [3.8, 4) is 0 Å². The maximum atomic E-state index is 11.7. The Hall–Kier alpha value is -1.78. The Morgan fingerprint density at radius 3 is 2.76 bits per heavy atom. The van der Waals surface area contributed by atoms with E-state index in [1.165, 1.54) is 6.26 Å². The smallest absolute Gasteiger partial charge is 0.308 e. The summed E-state index contributed by atoms with van der Waals surface area (Å²) < 4.78 is 4.97. The van der Waals surface area contributed by atoms with Gasteiger partial charge >= 0.3 is 5.97 Å². The van der Waals surface area contributed by atoms with E-state index in [9.17, 15) is 9.59 Å². The minimum Gasteiger partial charge on any atom is -0.481 e. The van der Waals surface area contributed by atoms with E-state index in [0.29, 0.717) is 12.8 Å². The molecule has 2 unspecified atom stereocenters. The van der Waals surface area contributed by atoms with Crippen LogP contribution < -0.4 is 5.32 Å². The van der Waals surface area contributed by atoms with Crippen LogP contribution in [0.2, 0.25) is 0 Å². The lowest BCUT2D eigenvalue weighted by Gasteiger charge is -2.28. The van der Waals surface area contributed by atoms with E-state index in [-0.39, 0.29) is 17.7 Å². The maximum absolute atomic E-state index is 11.7. The minimum atomic E-state index is -0.838. The Bertz CT molecular complexity index is 399. The first kappa shape index (κ1) is 11.7. The highest BCUT2D eigenvalue weighted by molar-refractivity contribution is 5.92. The molecule has 2 rings (SSSR count). The molecule has 0 aromatic carbocycles. The second kappa shape index (κ2) is 5.03. The topological polar surface area (TPSA) is 79.5 Å². The summed E-state index contributed by atoms with van der Waals surface area (Å²) in [5.41, 5.74) is 0. The molecule has 1 amide bonds. The molecule has 0 bridgehead atoms. The van der Waals surface area contributed by atoms with Crippen molar-refractivity contribution < 1.29 is 19.1 Å². The van der Waals surface area contributed by atoms with Crippen LogP contribution in [0.4, 0.5) is 0 Å². The molecule has 1 aliphatic carbocycles. The largest absolute Gasteiger partial charge is 0.481 e. The third-order valence-corrected chi connectivity index (χ3v) is 3.14. The first-order chi connectivity index (χ1) is 8.18.